The normalized spacial score (nSPS) is 28.4. The van der Waals surface area contributed by atoms with Gasteiger partial charge in [-0.3, -0.25) is 0 Å². The summed E-state index contributed by atoms with van der Waals surface area (Å²) in [5, 5.41) is 0. The van der Waals surface area contributed by atoms with Crippen LogP contribution in [-0.4, -0.2) is 38.8 Å². The largest absolute Gasteiger partial charge is 0.384 e. The van der Waals surface area contributed by atoms with E-state index in [0.717, 1.165) is 12.5 Å². The zero-order chi connectivity index (χ0) is 8.10. The van der Waals surface area contributed by atoms with Crippen molar-refractivity contribution in [1.82, 2.24) is 4.90 Å². The maximum Gasteiger partial charge on any atom is 0.0502 e. The smallest absolute Gasteiger partial charge is 0.0502 e. The Morgan fingerprint density at radius 2 is 2.27 bits per heavy atom. The van der Waals surface area contributed by atoms with Crippen LogP contribution >= 0.6 is 0 Å². The molecule has 0 aromatic rings. The Balaban J connectivity index is 2.27. The van der Waals surface area contributed by atoms with Crippen molar-refractivity contribution in [2.45, 2.75) is 19.3 Å². The standard InChI is InChI=1S/C9H19NO/c1-10-6-4-3-5-9(7-10)8-11-2/h9H,3-8H2,1-2H3. The Hall–Kier alpha value is -0.0800. The Morgan fingerprint density at radius 3 is 3.00 bits per heavy atom. The van der Waals surface area contributed by atoms with Gasteiger partial charge in [0.05, 0.1) is 6.61 Å². The van der Waals surface area contributed by atoms with E-state index in [0.29, 0.717) is 0 Å². The molecule has 0 bridgehead atoms. The average Bonchev–Trinajstić information content (AvgIpc) is 2.15. The Morgan fingerprint density at radius 1 is 1.45 bits per heavy atom. The number of likely N-dealkylation sites (tertiary alicyclic amines) is 1. The van der Waals surface area contributed by atoms with Crippen LogP contribution in [0.3, 0.4) is 0 Å². The van der Waals surface area contributed by atoms with E-state index in [1.54, 1.807) is 7.11 Å². The van der Waals surface area contributed by atoms with Gasteiger partial charge in [-0.25, -0.2) is 0 Å². The van der Waals surface area contributed by atoms with Crippen molar-refractivity contribution in [3.8, 4) is 0 Å². The highest BCUT2D eigenvalue weighted by molar-refractivity contribution is 4.67. The molecule has 1 aliphatic rings. The summed E-state index contributed by atoms with van der Waals surface area (Å²) in [6.07, 6.45) is 4.08. The van der Waals surface area contributed by atoms with Crippen LogP contribution < -0.4 is 0 Å². The van der Waals surface area contributed by atoms with Crippen molar-refractivity contribution in [2.24, 2.45) is 5.92 Å². The fourth-order valence-corrected chi connectivity index (χ4v) is 1.81. The summed E-state index contributed by atoms with van der Waals surface area (Å²) in [6, 6.07) is 0. The first-order valence-corrected chi connectivity index (χ1v) is 4.50. The predicted octanol–water partition coefficient (Wildman–Crippen LogP) is 1.36. The number of hydrogen-bond acceptors (Lipinski definition) is 2. The van der Waals surface area contributed by atoms with Crippen LogP contribution in [-0.2, 0) is 4.74 Å². The lowest BCUT2D eigenvalue weighted by molar-refractivity contribution is 0.133. The number of methoxy groups -OCH3 is 1. The molecule has 2 heteroatoms. The Bertz CT molecular complexity index is 106. The number of nitrogens with zero attached hydrogens (tertiary/aromatic N) is 1. The first-order chi connectivity index (χ1) is 5.33. The van der Waals surface area contributed by atoms with Crippen molar-refractivity contribution in [2.75, 3.05) is 33.9 Å². The minimum atomic E-state index is 0.771. The highest BCUT2D eigenvalue weighted by Gasteiger charge is 2.14. The summed E-state index contributed by atoms with van der Waals surface area (Å²) >= 11 is 0. The molecule has 0 aromatic carbocycles. The fourth-order valence-electron chi connectivity index (χ4n) is 1.81. The molecule has 0 radical (unpaired) electrons. The molecule has 1 rings (SSSR count). The van der Waals surface area contributed by atoms with E-state index in [4.69, 9.17) is 4.74 Å². The van der Waals surface area contributed by atoms with Gasteiger partial charge in [0.2, 0.25) is 0 Å². The van der Waals surface area contributed by atoms with E-state index < -0.39 is 0 Å². The van der Waals surface area contributed by atoms with Crippen LogP contribution in [0, 0.1) is 5.92 Å². The SMILES string of the molecule is COCC1CCCCN(C)C1. The average molecular weight is 157 g/mol. The first kappa shape index (κ1) is 9.01. The van der Waals surface area contributed by atoms with Crippen LogP contribution in [0.25, 0.3) is 0 Å². The lowest BCUT2D eigenvalue weighted by Gasteiger charge is -2.18. The summed E-state index contributed by atoms with van der Waals surface area (Å²) in [4.78, 5) is 2.41. The maximum atomic E-state index is 5.16. The zero-order valence-corrected chi connectivity index (χ0v) is 7.68. The molecule has 0 N–H and O–H groups in total. The second-order valence-corrected chi connectivity index (χ2v) is 3.58. The number of ether oxygens (including phenoxy) is 1. The molecule has 2 nitrogen and oxygen atoms in total. The number of hydrogen-bond donors (Lipinski definition) is 0. The van der Waals surface area contributed by atoms with E-state index in [9.17, 15) is 0 Å². The van der Waals surface area contributed by atoms with Crippen molar-refractivity contribution in [3.63, 3.8) is 0 Å². The molecule has 0 spiro atoms. The van der Waals surface area contributed by atoms with Crippen LogP contribution in [0.15, 0.2) is 0 Å². The molecule has 1 fully saturated rings. The van der Waals surface area contributed by atoms with Crippen molar-refractivity contribution < 1.29 is 4.74 Å². The van der Waals surface area contributed by atoms with E-state index >= 15 is 0 Å². The summed E-state index contributed by atoms with van der Waals surface area (Å²) < 4.78 is 5.16. The lowest BCUT2D eigenvalue weighted by Crippen LogP contribution is -2.26. The van der Waals surface area contributed by atoms with Crippen molar-refractivity contribution in [1.29, 1.82) is 0 Å². The molecule has 1 atom stereocenters. The number of rotatable bonds is 2. The maximum absolute atomic E-state index is 5.16. The first-order valence-electron chi connectivity index (χ1n) is 4.50. The Kier molecular flexibility index (Phi) is 3.87. The third kappa shape index (κ3) is 3.21. The van der Waals surface area contributed by atoms with Crippen LogP contribution in [0.1, 0.15) is 19.3 Å². The van der Waals surface area contributed by atoms with E-state index in [2.05, 4.69) is 11.9 Å². The molecule has 1 saturated heterocycles. The summed E-state index contributed by atoms with van der Waals surface area (Å²) in [5.41, 5.74) is 0. The second kappa shape index (κ2) is 4.73. The minimum Gasteiger partial charge on any atom is -0.384 e. The van der Waals surface area contributed by atoms with E-state index in [-0.39, 0.29) is 0 Å². The molecule has 0 aromatic heterocycles. The van der Waals surface area contributed by atoms with Crippen molar-refractivity contribution >= 4 is 0 Å². The molecule has 1 aliphatic heterocycles. The quantitative estimate of drug-likeness (QED) is 0.600. The molecule has 1 unspecified atom stereocenters. The van der Waals surface area contributed by atoms with Gasteiger partial charge in [0.1, 0.15) is 0 Å². The fraction of sp³-hybridized carbons (Fsp3) is 1.00. The summed E-state index contributed by atoms with van der Waals surface area (Å²) in [7, 11) is 4.00. The monoisotopic (exact) mass is 157 g/mol. The minimum absolute atomic E-state index is 0.771. The predicted molar refractivity (Wildman–Crippen MR) is 46.7 cm³/mol. The Labute approximate surface area is 69.5 Å². The van der Waals surface area contributed by atoms with Gasteiger partial charge in [-0.05, 0) is 32.4 Å². The van der Waals surface area contributed by atoms with Gasteiger partial charge in [-0.15, -0.1) is 0 Å². The van der Waals surface area contributed by atoms with Gasteiger partial charge in [-0.2, -0.15) is 0 Å². The molecular weight excluding hydrogens is 138 g/mol. The van der Waals surface area contributed by atoms with Crippen LogP contribution in [0.5, 0.6) is 0 Å². The van der Waals surface area contributed by atoms with Gasteiger partial charge >= 0.3 is 0 Å². The van der Waals surface area contributed by atoms with Gasteiger partial charge in [-0.1, -0.05) is 6.42 Å². The third-order valence-corrected chi connectivity index (χ3v) is 2.37. The van der Waals surface area contributed by atoms with Gasteiger partial charge < -0.3 is 9.64 Å². The highest BCUT2D eigenvalue weighted by Crippen LogP contribution is 2.14. The van der Waals surface area contributed by atoms with E-state index in [1.165, 1.54) is 32.4 Å². The molecule has 0 saturated carbocycles. The van der Waals surface area contributed by atoms with Gasteiger partial charge in [0.25, 0.3) is 0 Å². The third-order valence-electron chi connectivity index (χ3n) is 2.37. The van der Waals surface area contributed by atoms with Crippen molar-refractivity contribution in [3.05, 3.63) is 0 Å². The van der Waals surface area contributed by atoms with Crippen LogP contribution in [0.4, 0.5) is 0 Å². The topological polar surface area (TPSA) is 12.5 Å². The molecular formula is C9H19NO. The molecule has 11 heavy (non-hydrogen) atoms. The molecule has 66 valence electrons. The van der Waals surface area contributed by atoms with E-state index in [1.807, 2.05) is 0 Å². The summed E-state index contributed by atoms with van der Waals surface area (Å²) in [6.45, 7) is 3.42. The second-order valence-electron chi connectivity index (χ2n) is 3.58. The van der Waals surface area contributed by atoms with Crippen LogP contribution in [0.2, 0.25) is 0 Å². The summed E-state index contributed by atoms with van der Waals surface area (Å²) in [5.74, 6) is 0.771. The van der Waals surface area contributed by atoms with Gasteiger partial charge in [0, 0.05) is 13.7 Å². The van der Waals surface area contributed by atoms with Gasteiger partial charge in [0.15, 0.2) is 0 Å². The molecule has 0 aliphatic carbocycles. The lowest BCUT2D eigenvalue weighted by atomic mass is 10.1. The zero-order valence-electron chi connectivity index (χ0n) is 7.68. The molecule has 0 amide bonds. The molecule has 1 heterocycles. The highest BCUT2D eigenvalue weighted by atomic mass is 16.5.